The zero-order valence-electron chi connectivity index (χ0n) is 11.2. The second-order valence-corrected chi connectivity index (χ2v) is 4.51. The summed E-state index contributed by atoms with van der Waals surface area (Å²) in [7, 11) is 0. The molecule has 0 aliphatic rings. The molecule has 0 unspecified atom stereocenters. The molecule has 2 aromatic rings. The maximum Gasteiger partial charge on any atom is 0.0414 e. The van der Waals surface area contributed by atoms with Crippen molar-refractivity contribution in [3.05, 3.63) is 71.3 Å². The number of hydrogen-bond acceptors (Lipinski definition) is 1. The molecular formula is C17H19N. The average molecular weight is 237 g/mol. The van der Waals surface area contributed by atoms with Gasteiger partial charge in [0.2, 0.25) is 0 Å². The highest BCUT2D eigenvalue weighted by atomic mass is 14.9. The van der Waals surface area contributed by atoms with Crippen LogP contribution in [0.1, 0.15) is 23.6 Å². The molecule has 0 amide bonds. The SMILES string of the molecule is C/C=C(/Nc1ccc(C)cc1C)c1ccccc1. The molecule has 0 aliphatic carbocycles. The van der Waals surface area contributed by atoms with E-state index in [4.69, 9.17) is 0 Å². The van der Waals surface area contributed by atoms with Gasteiger partial charge in [0.05, 0.1) is 0 Å². The van der Waals surface area contributed by atoms with Gasteiger partial charge in [-0.05, 0) is 38.0 Å². The molecule has 0 saturated carbocycles. The highest BCUT2D eigenvalue weighted by Gasteiger charge is 2.03. The molecule has 1 nitrogen and oxygen atoms in total. The highest BCUT2D eigenvalue weighted by molar-refractivity contribution is 5.77. The van der Waals surface area contributed by atoms with Gasteiger partial charge >= 0.3 is 0 Å². The van der Waals surface area contributed by atoms with Crippen LogP contribution in [0.4, 0.5) is 5.69 Å². The molecule has 1 heteroatoms. The zero-order valence-corrected chi connectivity index (χ0v) is 11.2. The van der Waals surface area contributed by atoms with Gasteiger partial charge < -0.3 is 5.32 Å². The topological polar surface area (TPSA) is 12.0 Å². The van der Waals surface area contributed by atoms with Crippen molar-refractivity contribution in [1.29, 1.82) is 0 Å². The number of nitrogens with one attached hydrogen (secondary N) is 1. The van der Waals surface area contributed by atoms with E-state index in [0.717, 1.165) is 11.4 Å². The first-order valence-corrected chi connectivity index (χ1v) is 6.26. The lowest BCUT2D eigenvalue weighted by Gasteiger charge is -2.13. The summed E-state index contributed by atoms with van der Waals surface area (Å²) in [6.45, 7) is 6.30. The van der Waals surface area contributed by atoms with Gasteiger partial charge in [0, 0.05) is 11.4 Å². The lowest BCUT2D eigenvalue weighted by atomic mass is 10.1. The fourth-order valence-electron chi connectivity index (χ4n) is 2.03. The van der Waals surface area contributed by atoms with E-state index >= 15 is 0 Å². The van der Waals surface area contributed by atoms with Crippen molar-refractivity contribution < 1.29 is 0 Å². The molecule has 18 heavy (non-hydrogen) atoms. The molecular weight excluding hydrogens is 218 g/mol. The lowest BCUT2D eigenvalue weighted by molar-refractivity contribution is 1.37. The first-order valence-electron chi connectivity index (χ1n) is 6.26. The van der Waals surface area contributed by atoms with Crippen molar-refractivity contribution in [2.75, 3.05) is 5.32 Å². The predicted octanol–water partition coefficient (Wildman–Crippen LogP) is 4.78. The maximum atomic E-state index is 3.50. The maximum absolute atomic E-state index is 3.50. The molecule has 0 saturated heterocycles. The fourth-order valence-corrected chi connectivity index (χ4v) is 2.03. The quantitative estimate of drug-likeness (QED) is 0.810. The Morgan fingerprint density at radius 3 is 2.33 bits per heavy atom. The Kier molecular flexibility index (Phi) is 3.83. The van der Waals surface area contributed by atoms with Crippen LogP contribution >= 0.6 is 0 Å². The molecule has 0 fully saturated rings. The minimum atomic E-state index is 1.14. The van der Waals surface area contributed by atoms with E-state index in [2.05, 4.69) is 74.6 Å². The molecule has 0 bridgehead atoms. The Balaban J connectivity index is 2.27. The van der Waals surface area contributed by atoms with E-state index in [1.807, 2.05) is 6.07 Å². The van der Waals surface area contributed by atoms with Crippen LogP contribution in [0.3, 0.4) is 0 Å². The second kappa shape index (κ2) is 5.54. The van der Waals surface area contributed by atoms with Crippen LogP contribution in [-0.4, -0.2) is 0 Å². The molecule has 0 aromatic heterocycles. The molecule has 1 N–H and O–H groups in total. The van der Waals surface area contributed by atoms with Crippen molar-refractivity contribution in [2.45, 2.75) is 20.8 Å². The molecule has 2 aromatic carbocycles. The third-order valence-corrected chi connectivity index (χ3v) is 3.02. The molecule has 92 valence electrons. The average Bonchev–Trinajstić information content (AvgIpc) is 2.39. The van der Waals surface area contributed by atoms with Gasteiger partial charge in [0.1, 0.15) is 0 Å². The summed E-state index contributed by atoms with van der Waals surface area (Å²) in [5.41, 5.74) is 6.07. The third kappa shape index (κ3) is 2.80. The zero-order chi connectivity index (χ0) is 13.0. The van der Waals surface area contributed by atoms with E-state index in [0.29, 0.717) is 0 Å². The molecule has 2 rings (SSSR count). The summed E-state index contributed by atoms with van der Waals surface area (Å²) in [6, 6.07) is 16.8. The smallest absolute Gasteiger partial charge is 0.0414 e. The van der Waals surface area contributed by atoms with Crippen LogP contribution in [0.15, 0.2) is 54.6 Å². The van der Waals surface area contributed by atoms with Gasteiger partial charge in [-0.1, -0.05) is 54.1 Å². The number of hydrogen-bond donors (Lipinski definition) is 1. The summed E-state index contributed by atoms with van der Waals surface area (Å²) in [5, 5.41) is 3.50. The Morgan fingerprint density at radius 1 is 1.00 bits per heavy atom. The van der Waals surface area contributed by atoms with Gasteiger partial charge in [-0.15, -0.1) is 0 Å². The summed E-state index contributed by atoms with van der Waals surface area (Å²) in [4.78, 5) is 0. The van der Waals surface area contributed by atoms with Crippen LogP contribution in [0.5, 0.6) is 0 Å². The van der Waals surface area contributed by atoms with Gasteiger partial charge in [-0.2, -0.15) is 0 Å². The first kappa shape index (κ1) is 12.4. The molecule has 0 aliphatic heterocycles. The Bertz CT molecular complexity index is 553. The van der Waals surface area contributed by atoms with Gasteiger partial charge in [0.25, 0.3) is 0 Å². The van der Waals surface area contributed by atoms with Crippen molar-refractivity contribution in [3.8, 4) is 0 Å². The number of benzene rings is 2. The minimum absolute atomic E-state index is 1.14. The van der Waals surface area contributed by atoms with Crippen LogP contribution < -0.4 is 5.32 Å². The van der Waals surface area contributed by atoms with Crippen molar-refractivity contribution in [1.82, 2.24) is 0 Å². The van der Waals surface area contributed by atoms with Crippen LogP contribution in [-0.2, 0) is 0 Å². The summed E-state index contributed by atoms with van der Waals surface area (Å²) < 4.78 is 0. The fraction of sp³-hybridized carbons (Fsp3) is 0.176. The number of aryl methyl sites for hydroxylation is 2. The minimum Gasteiger partial charge on any atom is -0.355 e. The Labute approximate surface area is 109 Å². The van der Waals surface area contributed by atoms with Crippen LogP contribution in [0, 0.1) is 13.8 Å². The Morgan fingerprint density at radius 2 is 1.72 bits per heavy atom. The van der Waals surface area contributed by atoms with E-state index in [-0.39, 0.29) is 0 Å². The standard InChI is InChI=1S/C17H19N/c1-4-16(15-8-6-5-7-9-15)18-17-11-10-13(2)12-14(17)3/h4-12,18H,1-3H3/b16-4+. The summed E-state index contributed by atoms with van der Waals surface area (Å²) in [5.74, 6) is 0. The predicted molar refractivity (Wildman–Crippen MR) is 79.6 cm³/mol. The highest BCUT2D eigenvalue weighted by Crippen LogP contribution is 2.22. The second-order valence-electron chi connectivity index (χ2n) is 4.51. The normalized spacial score (nSPS) is 11.4. The van der Waals surface area contributed by atoms with Crippen LogP contribution in [0.2, 0.25) is 0 Å². The monoisotopic (exact) mass is 237 g/mol. The van der Waals surface area contributed by atoms with Crippen molar-refractivity contribution in [2.24, 2.45) is 0 Å². The third-order valence-electron chi connectivity index (χ3n) is 3.02. The molecule has 0 heterocycles. The Hall–Kier alpha value is -2.02. The van der Waals surface area contributed by atoms with E-state index in [9.17, 15) is 0 Å². The van der Waals surface area contributed by atoms with Crippen LogP contribution in [0.25, 0.3) is 5.70 Å². The van der Waals surface area contributed by atoms with E-state index < -0.39 is 0 Å². The first-order chi connectivity index (χ1) is 8.70. The van der Waals surface area contributed by atoms with Crippen molar-refractivity contribution >= 4 is 11.4 Å². The molecule has 0 spiro atoms. The molecule has 0 radical (unpaired) electrons. The summed E-state index contributed by atoms with van der Waals surface area (Å²) >= 11 is 0. The number of anilines is 1. The van der Waals surface area contributed by atoms with E-state index in [1.54, 1.807) is 0 Å². The largest absolute Gasteiger partial charge is 0.355 e. The lowest BCUT2D eigenvalue weighted by Crippen LogP contribution is -2.00. The van der Waals surface area contributed by atoms with Crippen molar-refractivity contribution in [3.63, 3.8) is 0 Å². The number of allylic oxidation sites excluding steroid dienone is 1. The van der Waals surface area contributed by atoms with Gasteiger partial charge in [-0.25, -0.2) is 0 Å². The number of rotatable bonds is 3. The summed E-state index contributed by atoms with van der Waals surface area (Å²) in [6.07, 6.45) is 2.11. The van der Waals surface area contributed by atoms with Gasteiger partial charge in [-0.3, -0.25) is 0 Å². The van der Waals surface area contributed by atoms with E-state index in [1.165, 1.54) is 16.7 Å². The molecule has 0 atom stereocenters. The van der Waals surface area contributed by atoms with Gasteiger partial charge in [0.15, 0.2) is 0 Å².